The second kappa shape index (κ2) is 7.86. The molecule has 1 aromatic rings. The van der Waals surface area contributed by atoms with Gasteiger partial charge in [0.15, 0.2) is 0 Å². The van der Waals surface area contributed by atoms with Gasteiger partial charge in [-0.15, -0.1) is 0 Å². The van der Waals surface area contributed by atoms with Gasteiger partial charge in [0, 0.05) is 17.2 Å². The number of ether oxygens (including phenoxy) is 3. The Bertz CT molecular complexity index is 704. The van der Waals surface area contributed by atoms with Crippen molar-refractivity contribution in [2.24, 2.45) is 0 Å². The number of benzene rings is 1. The number of aliphatic carboxylic acids is 1. The van der Waals surface area contributed by atoms with Gasteiger partial charge in [0.2, 0.25) is 0 Å². The lowest BCUT2D eigenvalue weighted by Crippen LogP contribution is -2.51. The van der Waals surface area contributed by atoms with Gasteiger partial charge in [0.05, 0.1) is 24.3 Å². The standard InChI is InChI=1S/C17H18ClNO6/c18-12-1-2-14-10(6-12)5-11(7-24-14)17(22)19-13-8-23-4-3-15(13)25-9-16(20)21/h1-2,5-6,13,15H,3-4,7-9H2,(H,19,22)(H,20,21)/t13-,15+/m1/s1. The van der Waals surface area contributed by atoms with Gasteiger partial charge in [-0.05, 0) is 30.7 Å². The van der Waals surface area contributed by atoms with Gasteiger partial charge in [-0.1, -0.05) is 11.6 Å². The van der Waals surface area contributed by atoms with Crippen LogP contribution in [0.25, 0.3) is 6.08 Å². The summed E-state index contributed by atoms with van der Waals surface area (Å²) in [6.07, 6.45) is 1.85. The van der Waals surface area contributed by atoms with Crippen LogP contribution >= 0.6 is 11.6 Å². The molecule has 0 spiro atoms. The first-order chi connectivity index (χ1) is 12.0. The molecule has 2 heterocycles. The first-order valence-electron chi connectivity index (χ1n) is 7.88. The summed E-state index contributed by atoms with van der Waals surface area (Å²) in [7, 11) is 0. The lowest BCUT2D eigenvalue weighted by molar-refractivity contribution is -0.148. The summed E-state index contributed by atoms with van der Waals surface area (Å²) in [4.78, 5) is 23.2. The zero-order valence-corrected chi connectivity index (χ0v) is 14.1. The summed E-state index contributed by atoms with van der Waals surface area (Å²) in [6, 6.07) is 4.80. The number of amides is 1. The molecular formula is C17H18ClNO6. The van der Waals surface area contributed by atoms with Crippen LogP contribution in [0.15, 0.2) is 23.8 Å². The summed E-state index contributed by atoms with van der Waals surface area (Å²) in [6.45, 7) is 0.477. The molecule has 2 aliphatic rings. The van der Waals surface area contributed by atoms with Gasteiger partial charge < -0.3 is 24.6 Å². The molecule has 2 N–H and O–H groups in total. The fraction of sp³-hybridized carbons (Fsp3) is 0.412. The van der Waals surface area contributed by atoms with E-state index in [1.54, 1.807) is 24.3 Å². The van der Waals surface area contributed by atoms with Crippen LogP contribution in [0.3, 0.4) is 0 Å². The van der Waals surface area contributed by atoms with Crippen molar-refractivity contribution in [3.05, 3.63) is 34.4 Å². The number of carboxylic acid groups (broad SMARTS) is 1. The third-order valence-corrected chi connectivity index (χ3v) is 4.24. The number of carbonyl (C=O) groups is 2. The Hall–Kier alpha value is -2.09. The molecule has 1 fully saturated rings. The Balaban J connectivity index is 1.67. The second-order valence-corrected chi connectivity index (χ2v) is 6.26. The molecule has 0 aliphatic carbocycles. The molecule has 1 amide bonds. The second-order valence-electron chi connectivity index (χ2n) is 5.83. The molecule has 134 valence electrons. The van der Waals surface area contributed by atoms with Crippen LogP contribution in [0.1, 0.15) is 12.0 Å². The molecule has 1 aromatic carbocycles. The van der Waals surface area contributed by atoms with E-state index in [4.69, 9.17) is 30.9 Å². The van der Waals surface area contributed by atoms with Gasteiger partial charge >= 0.3 is 5.97 Å². The third-order valence-electron chi connectivity index (χ3n) is 4.01. The number of fused-ring (bicyclic) bond motifs is 1. The number of rotatable bonds is 5. The Kier molecular flexibility index (Phi) is 5.57. The van der Waals surface area contributed by atoms with E-state index in [9.17, 15) is 9.59 Å². The van der Waals surface area contributed by atoms with E-state index in [1.807, 2.05) is 0 Å². The van der Waals surface area contributed by atoms with E-state index >= 15 is 0 Å². The summed E-state index contributed by atoms with van der Waals surface area (Å²) in [5.41, 5.74) is 1.19. The number of halogens is 1. The number of carbonyl (C=O) groups excluding carboxylic acids is 1. The highest BCUT2D eigenvalue weighted by atomic mass is 35.5. The van der Waals surface area contributed by atoms with Gasteiger partial charge in [0.25, 0.3) is 5.91 Å². The first-order valence-corrected chi connectivity index (χ1v) is 8.25. The number of carboxylic acids is 1. The van der Waals surface area contributed by atoms with Gasteiger partial charge in [0.1, 0.15) is 19.0 Å². The summed E-state index contributed by atoms with van der Waals surface area (Å²) in [5, 5.41) is 12.2. The van der Waals surface area contributed by atoms with Crippen molar-refractivity contribution in [3.8, 4) is 5.75 Å². The summed E-state index contributed by atoms with van der Waals surface area (Å²) < 4.78 is 16.3. The van der Waals surface area contributed by atoms with E-state index in [0.717, 1.165) is 5.56 Å². The molecule has 25 heavy (non-hydrogen) atoms. The van der Waals surface area contributed by atoms with Crippen LogP contribution in [0.4, 0.5) is 0 Å². The smallest absolute Gasteiger partial charge is 0.329 e. The molecule has 7 nitrogen and oxygen atoms in total. The number of hydrogen-bond donors (Lipinski definition) is 2. The maximum atomic E-state index is 12.5. The largest absolute Gasteiger partial charge is 0.488 e. The average molecular weight is 368 g/mol. The van der Waals surface area contributed by atoms with Crippen molar-refractivity contribution < 1.29 is 28.9 Å². The zero-order valence-electron chi connectivity index (χ0n) is 13.4. The predicted octanol–water partition coefficient (Wildman–Crippen LogP) is 1.49. The minimum atomic E-state index is -1.05. The van der Waals surface area contributed by atoms with Gasteiger partial charge in [-0.3, -0.25) is 4.79 Å². The molecule has 3 rings (SSSR count). The molecule has 0 saturated carbocycles. The molecule has 0 aromatic heterocycles. The molecule has 2 atom stereocenters. The maximum absolute atomic E-state index is 12.5. The van der Waals surface area contributed by atoms with Crippen LogP contribution in [0.5, 0.6) is 5.75 Å². The van der Waals surface area contributed by atoms with Crippen LogP contribution in [-0.2, 0) is 19.1 Å². The Morgan fingerprint density at radius 3 is 3.04 bits per heavy atom. The molecule has 0 unspecified atom stereocenters. The van der Waals surface area contributed by atoms with Gasteiger partial charge in [-0.2, -0.15) is 0 Å². The first kappa shape index (κ1) is 17.7. The van der Waals surface area contributed by atoms with E-state index in [0.29, 0.717) is 29.4 Å². The van der Waals surface area contributed by atoms with E-state index in [1.165, 1.54) is 0 Å². The fourth-order valence-electron chi connectivity index (χ4n) is 2.77. The molecular weight excluding hydrogens is 350 g/mol. The summed E-state index contributed by atoms with van der Waals surface area (Å²) in [5.74, 6) is -0.678. The number of hydrogen-bond acceptors (Lipinski definition) is 5. The minimum absolute atomic E-state index is 0.148. The predicted molar refractivity (Wildman–Crippen MR) is 89.7 cm³/mol. The highest BCUT2D eigenvalue weighted by molar-refractivity contribution is 6.30. The van der Waals surface area contributed by atoms with Crippen LogP contribution in [0.2, 0.25) is 5.02 Å². The van der Waals surface area contributed by atoms with E-state index in [2.05, 4.69) is 5.32 Å². The number of nitrogens with one attached hydrogen (secondary N) is 1. The normalized spacial score (nSPS) is 22.4. The SMILES string of the molecule is O=C(O)CO[C@H]1CCOC[C@H]1NC(=O)C1=Cc2cc(Cl)ccc2OC1. The average Bonchev–Trinajstić information content (AvgIpc) is 2.60. The van der Waals surface area contributed by atoms with E-state index < -0.39 is 24.7 Å². The van der Waals surface area contributed by atoms with Crippen molar-refractivity contribution in [2.45, 2.75) is 18.6 Å². The highest BCUT2D eigenvalue weighted by Crippen LogP contribution is 2.29. The van der Waals surface area contributed by atoms with Crippen molar-refractivity contribution in [1.82, 2.24) is 5.32 Å². The van der Waals surface area contributed by atoms with Crippen molar-refractivity contribution in [3.63, 3.8) is 0 Å². The lowest BCUT2D eigenvalue weighted by atomic mass is 10.0. The Labute approximate surface area is 149 Å². The van der Waals surface area contributed by atoms with Crippen molar-refractivity contribution >= 4 is 29.6 Å². The Morgan fingerprint density at radius 1 is 1.40 bits per heavy atom. The lowest BCUT2D eigenvalue weighted by Gasteiger charge is -2.32. The summed E-state index contributed by atoms with van der Waals surface area (Å²) >= 11 is 5.97. The molecule has 0 bridgehead atoms. The molecule has 0 radical (unpaired) electrons. The van der Waals surface area contributed by atoms with Crippen LogP contribution < -0.4 is 10.1 Å². The monoisotopic (exact) mass is 367 g/mol. The fourth-order valence-corrected chi connectivity index (χ4v) is 2.95. The van der Waals surface area contributed by atoms with Crippen molar-refractivity contribution in [1.29, 1.82) is 0 Å². The Morgan fingerprint density at radius 2 is 2.24 bits per heavy atom. The third kappa shape index (κ3) is 4.50. The van der Waals surface area contributed by atoms with Crippen LogP contribution in [0, 0.1) is 0 Å². The molecule has 8 heteroatoms. The quantitative estimate of drug-likeness (QED) is 0.819. The zero-order chi connectivity index (χ0) is 17.8. The van der Waals surface area contributed by atoms with Crippen molar-refractivity contribution in [2.75, 3.05) is 26.4 Å². The van der Waals surface area contributed by atoms with Gasteiger partial charge in [-0.25, -0.2) is 4.79 Å². The minimum Gasteiger partial charge on any atom is -0.488 e. The molecule has 1 saturated heterocycles. The maximum Gasteiger partial charge on any atom is 0.329 e. The topological polar surface area (TPSA) is 94.1 Å². The molecule has 2 aliphatic heterocycles. The van der Waals surface area contributed by atoms with Crippen LogP contribution in [-0.4, -0.2) is 55.6 Å². The highest BCUT2D eigenvalue weighted by Gasteiger charge is 2.30. The van der Waals surface area contributed by atoms with E-state index in [-0.39, 0.29) is 19.1 Å².